The van der Waals surface area contributed by atoms with E-state index in [2.05, 4.69) is 36.3 Å². The minimum absolute atomic E-state index is 0.0439. The third-order valence-corrected chi connectivity index (χ3v) is 5.98. The van der Waals surface area contributed by atoms with E-state index in [4.69, 9.17) is 4.98 Å². The molecule has 5 heteroatoms. The van der Waals surface area contributed by atoms with Gasteiger partial charge in [-0.15, -0.1) is 0 Å². The Balaban J connectivity index is 1.73. The molecule has 4 nitrogen and oxygen atoms in total. The van der Waals surface area contributed by atoms with Crippen molar-refractivity contribution in [3.05, 3.63) is 77.9 Å². The standard InChI is InChI=1S/C28H34FN3O/c1-3-5-10-21(4-2)19-25-28(30-20-26(31-25)23-15-17-24(29)18-16-23)32-27(33)14-9-13-22-11-7-6-8-12-22/h6-8,11-12,15-18,20-21H,3-5,9-10,13-14,19H2,1-2H3,(H,30,32,33). The van der Waals surface area contributed by atoms with Crippen LogP contribution in [0.15, 0.2) is 60.8 Å². The minimum atomic E-state index is -0.281. The second kappa shape index (κ2) is 12.8. The molecule has 174 valence electrons. The molecule has 33 heavy (non-hydrogen) atoms. The maximum atomic E-state index is 13.4. The van der Waals surface area contributed by atoms with Crippen LogP contribution in [-0.4, -0.2) is 15.9 Å². The van der Waals surface area contributed by atoms with Crippen LogP contribution >= 0.6 is 0 Å². The number of anilines is 1. The number of carbonyl (C=O) groups is 1. The van der Waals surface area contributed by atoms with Crippen LogP contribution < -0.4 is 5.32 Å². The molecular weight excluding hydrogens is 413 g/mol. The van der Waals surface area contributed by atoms with Crippen LogP contribution in [0, 0.1) is 11.7 Å². The molecule has 3 aromatic rings. The molecule has 3 rings (SSSR count). The van der Waals surface area contributed by atoms with Crippen molar-refractivity contribution in [1.29, 1.82) is 0 Å². The molecule has 1 amide bonds. The average molecular weight is 448 g/mol. The van der Waals surface area contributed by atoms with Gasteiger partial charge < -0.3 is 5.32 Å². The zero-order chi connectivity index (χ0) is 23.5. The number of nitrogens with zero attached hydrogens (tertiary/aromatic N) is 2. The monoisotopic (exact) mass is 447 g/mol. The van der Waals surface area contributed by atoms with Gasteiger partial charge in [0.05, 0.1) is 17.6 Å². The van der Waals surface area contributed by atoms with Gasteiger partial charge in [0.25, 0.3) is 0 Å². The predicted octanol–water partition coefficient (Wildman–Crippen LogP) is 7.00. The number of carbonyl (C=O) groups excluding carboxylic acids is 1. The highest BCUT2D eigenvalue weighted by atomic mass is 19.1. The van der Waals surface area contributed by atoms with Crippen LogP contribution in [0.3, 0.4) is 0 Å². The van der Waals surface area contributed by atoms with E-state index in [1.165, 1.54) is 24.1 Å². The largest absolute Gasteiger partial charge is 0.309 e. The van der Waals surface area contributed by atoms with Crippen LogP contribution in [0.2, 0.25) is 0 Å². The molecule has 1 atom stereocenters. The SMILES string of the molecule is CCCCC(CC)Cc1nc(-c2ccc(F)cc2)cnc1NC(=O)CCCc1ccccc1. The number of unbranched alkanes of at least 4 members (excludes halogenated alkanes) is 1. The molecule has 0 spiro atoms. The van der Waals surface area contributed by atoms with Crippen molar-refractivity contribution in [1.82, 2.24) is 9.97 Å². The van der Waals surface area contributed by atoms with Gasteiger partial charge in [0.15, 0.2) is 5.82 Å². The first-order chi connectivity index (χ1) is 16.1. The van der Waals surface area contributed by atoms with Crippen molar-refractivity contribution < 1.29 is 9.18 Å². The molecule has 0 aliphatic carbocycles. The lowest BCUT2D eigenvalue weighted by Gasteiger charge is -2.17. The summed E-state index contributed by atoms with van der Waals surface area (Å²) < 4.78 is 13.4. The van der Waals surface area contributed by atoms with Crippen molar-refractivity contribution in [2.45, 2.75) is 65.2 Å². The fourth-order valence-corrected chi connectivity index (χ4v) is 3.94. The maximum absolute atomic E-state index is 13.4. The Bertz CT molecular complexity index is 1010. The molecule has 1 unspecified atom stereocenters. The van der Waals surface area contributed by atoms with Crippen LogP contribution in [0.1, 0.15) is 63.6 Å². The summed E-state index contributed by atoms with van der Waals surface area (Å²) in [5, 5.41) is 3.00. The number of benzene rings is 2. The Morgan fingerprint density at radius 2 is 1.79 bits per heavy atom. The van der Waals surface area contributed by atoms with E-state index in [0.29, 0.717) is 23.9 Å². The van der Waals surface area contributed by atoms with Crippen LogP contribution in [0.5, 0.6) is 0 Å². The molecule has 0 saturated carbocycles. The topological polar surface area (TPSA) is 54.9 Å². The zero-order valence-corrected chi connectivity index (χ0v) is 19.7. The fourth-order valence-electron chi connectivity index (χ4n) is 3.94. The molecular formula is C28H34FN3O. The third-order valence-electron chi connectivity index (χ3n) is 5.98. The first-order valence-electron chi connectivity index (χ1n) is 12.0. The van der Waals surface area contributed by atoms with Crippen molar-refractivity contribution >= 4 is 11.7 Å². The van der Waals surface area contributed by atoms with Gasteiger partial charge in [-0.3, -0.25) is 4.79 Å². The second-order valence-corrected chi connectivity index (χ2v) is 8.57. The Labute approximate surface area is 196 Å². The maximum Gasteiger partial charge on any atom is 0.225 e. The van der Waals surface area contributed by atoms with E-state index in [0.717, 1.165) is 49.8 Å². The number of halogens is 1. The van der Waals surface area contributed by atoms with Gasteiger partial charge in [-0.1, -0.05) is 69.9 Å². The van der Waals surface area contributed by atoms with E-state index in [1.54, 1.807) is 18.3 Å². The first-order valence-corrected chi connectivity index (χ1v) is 12.0. The van der Waals surface area contributed by atoms with Crippen molar-refractivity contribution in [3.63, 3.8) is 0 Å². The third kappa shape index (κ3) is 7.77. The summed E-state index contributed by atoms with van der Waals surface area (Å²) in [6, 6.07) is 16.5. The number of rotatable bonds is 12. The fraction of sp³-hybridized carbons (Fsp3) is 0.393. The highest BCUT2D eigenvalue weighted by Crippen LogP contribution is 2.25. The Kier molecular flexibility index (Phi) is 9.55. The predicted molar refractivity (Wildman–Crippen MR) is 132 cm³/mol. The summed E-state index contributed by atoms with van der Waals surface area (Å²) in [6.07, 6.45) is 9.00. The van der Waals surface area contributed by atoms with Gasteiger partial charge in [0.2, 0.25) is 5.91 Å². The lowest BCUT2D eigenvalue weighted by molar-refractivity contribution is -0.116. The first kappa shape index (κ1) is 24.6. The number of amides is 1. The summed E-state index contributed by atoms with van der Waals surface area (Å²) in [4.78, 5) is 22.1. The molecule has 1 N–H and O–H groups in total. The van der Waals surface area contributed by atoms with Crippen LogP contribution in [0.25, 0.3) is 11.3 Å². The molecule has 0 aliphatic rings. The van der Waals surface area contributed by atoms with Crippen molar-refractivity contribution in [2.75, 3.05) is 5.32 Å². The molecule has 0 bridgehead atoms. The number of aryl methyl sites for hydroxylation is 1. The number of aromatic nitrogens is 2. The second-order valence-electron chi connectivity index (χ2n) is 8.57. The number of hydrogen-bond acceptors (Lipinski definition) is 3. The lowest BCUT2D eigenvalue weighted by Crippen LogP contribution is -2.17. The highest BCUT2D eigenvalue weighted by molar-refractivity contribution is 5.90. The van der Waals surface area contributed by atoms with Crippen LogP contribution in [-0.2, 0) is 17.6 Å². The van der Waals surface area contributed by atoms with Crippen molar-refractivity contribution in [2.24, 2.45) is 5.92 Å². The van der Waals surface area contributed by atoms with E-state index in [9.17, 15) is 9.18 Å². The summed E-state index contributed by atoms with van der Waals surface area (Å²) in [6.45, 7) is 4.39. The minimum Gasteiger partial charge on any atom is -0.309 e. The van der Waals surface area contributed by atoms with Gasteiger partial charge in [-0.25, -0.2) is 14.4 Å². The number of nitrogens with one attached hydrogen (secondary N) is 1. The molecule has 2 aromatic carbocycles. The van der Waals surface area contributed by atoms with Gasteiger partial charge in [0, 0.05) is 12.0 Å². The molecule has 0 radical (unpaired) electrons. The van der Waals surface area contributed by atoms with E-state index in [-0.39, 0.29) is 11.7 Å². The Morgan fingerprint density at radius 1 is 1.03 bits per heavy atom. The smallest absolute Gasteiger partial charge is 0.225 e. The number of hydrogen-bond donors (Lipinski definition) is 1. The summed E-state index contributed by atoms with van der Waals surface area (Å²) >= 11 is 0. The van der Waals surface area contributed by atoms with Gasteiger partial charge in [-0.2, -0.15) is 0 Å². The molecule has 1 heterocycles. The van der Waals surface area contributed by atoms with Gasteiger partial charge in [-0.05, 0) is 55.0 Å². The zero-order valence-electron chi connectivity index (χ0n) is 19.7. The lowest BCUT2D eigenvalue weighted by atomic mass is 9.94. The van der Waals surface area contributed by atoms with Crippen molar-refractivity contribution in [3.8, 4) is 11.3 Å². The van der Waals surface area contributed by atoms with E-state index >= 15 is 0 Å². The summed E-state index contributed by atoms with van der Waals surface area (Å²) in [5.74, 6) is 0.700. The molecule has 0 saturated heterocycles. The Morgan fingerprint density at radius 3 is 2.48 bits per heavy atom. The molecule has 0 aliphatic heterocycles. The average Bonchev–Trinajstić information content (AvgIpc) is 2.84. The Hall–Kier alpha value is -3.08. The van der Waals surface area contributed by atoms with E-state index in [1.807, 2.05) is 18.2 Å². The summed E-state index contributed by atoms with van der Waals surface area (Å²) in [7, 11) is 0. The molecule has 1 aromatic heterocycles. The quantitative estimate of drug-likeness (QED) is 0.325. The molecule has 0 fully saturated rings. The van der Waals surface area contributed by atoms with E-state index < -0.39 is 0 Å². The normalized spacial score (nSPS) is 11.8. The summed E-state index contributed by atoms with van der Waals surface area (Å²) in [5.41, 5.74) is 3.54. The highest BCUT2D eigenvalue weighted by Gasteiger charge is 2.16. The van der Waals surface area contributed by atoms with Crippen LogP contribution in [0.4, 0.5) is 10.2 Å². The van der Waals surface area contributed by atoms with Gasteiger partial charge >= 0.3 is 0 Å². The van der Waals surface area contributed by atoms with Gasteiger partial charge in [0.1, 0.15) is 5.82 Å².